The van der Waals surface area contributed by atoms with E-state index in [1.807, 2.05) is 48.8 Å². The quantitative estimate of drug-likeness (QED) is 0.171. The Labute approximate surface area is 194 Å². The van der Waals surface area contributed by atoms with Crippen molar-refractivity contribution in [3.8, 4) is 0 Å². The average molecular weight is 474 g/mol. The van der Waals surface area contributed by atoms with Crippen LogP contribution in [0.15, 0.2) is 60.7 Å². The zero-order chi connectivity index (χ0) is 24.5. The molecule has 2 aromatic rings. The van der Waals surface area contributed by atoms with Gasteiger partial charge in [-0.05, 0) is 29.5 Å². The number of nitrogens with two attached hydrogens (primary N) is 1. The normalized spacial score (nSPS) is 14.4. The van der Waals surface area contributed by atoms with E-state index in [-0.39, 0.29) is 18.4 Å². The van der Waals surface area contributed by atoms with Crippen LogP contribution in [0.1, 0.15) is 55.2 Å². The van der Waals surface area contributed by atoms with E-state index in [0.717, 1.165) is 11.8 Å². The van der Waals surface area contributed by atoms with Gasteiger partial charge in [-0.3, -0.25) is 20.2 Å². The molecule has 0 saturated carbocycles. The molecule has 0 unspecified atom stereocenters. The highest BCUT2D eigenvalue weighted by Crippen LogP contribution is 2.41. The summed E-state index contributed by atoms with van der Waals surface area (Å²) in [6, 6.07) is 15.8. The van der Waals surface area contributed by atoms with Gasteiger partial charge in [0.25, 0.3) is 11.8 Å². The number of carbonyl (C=O) groups is 2. The van der Waals surface area contributed by atoms with Crippen molar-refractivity contribution in [2.75, 3.05) is 6.26 Å². The van der Waals surface area contributed by atoms with Crippen LogP contribution in [0.25, 0.3) is 6.08 Å². The summed E-state index contributed by atoms with van der Waals surface area (Å²) in [6.07, 6.45) is 5.84. The summed E-state index contributed by atoms with van der Waals surface area (Å²) in [6.45, 7) is 1.88. The fourth-order valence-electron chi connectivity index (χ4n) is 3.99. The molecule has 0 aliphatic heterocycles. The van der Waals surface area contributed by atoms with Crippen LogP contribution >= 0.6 is 0 Å². The molecule has 178 valence electrons. The van der Waals surface area contributed by atoms with Gasteiger partial charge in [0.2, 0.25) is 0 Å². The summed E-state index contributed by atoms with van der Waals surface area (Å²) in [5.41, 5.74) is 5.10. The highest BCUT2D eigenvalue weighted by molar-refractivity contribution is 7.92. The molecule has 0 heterocycles. The van der Waals surface area contributed by atoms with Gasteiger partial charge in [-0.1, -0.05) is 86.5 Å². The van der Waals surface area contributed by atoms with Crippen molar-refractivity contribution < 1.29 is 23.2 Å². The molecular formula is C24H31N3O5S. The second-order valence-electron chi connectivity index (χ2n) is 7.84. The molecule has 5 N–H and O–H groups in total. The van der Waals surface area contributed by atoms with Gasteiger partial charge < -0.3 is 0 Å². The van der Waals surface area contributed by atoms with E-state index in [4.69, 9.17) is 5.84 Å². The molecule has 2 amide bonds. The molecule has 0 aromatic heterocycles. The first-order valence-corrected chi connectivity index (χ1v) is 12.6. The highest BCUT2D eigenvalue weighted by Gasteiger charge is 2.50. The van der Waals surface area contributed by atoms with Gasteiger partial charge in [-0.15, -0.1) is 0 Å². The number of carbonyl (C=O) groups excluding carboxylic acids is 2. The minimum Gasteiger partial charge on any atom is -0.293 e. The lowest BCUT2D eigenvalue weighted by molar-refractivity contribution is -0.131. The van der Waals surface area contributed by atoms with Crippen LogP contribution in [0.4, 0.5) is 0 Å². The number of hydrazine groups is 1. The molecule has 2 atom stereocenters. The molecule has 0 radical (unpaired) electrons. The maximum absolute atomic E-state index is 13.1. The van der Waals surface area contributed by atoms with Crippen molar-refractivity contribution in [3.05, 3.63) is 77.4 Å². The van der Waals surface area contributed by atoms with Crippen LogP contribution in [-0.2, 0) is 24.2 Å². The Balaban J connectivity index is 2.66. The summed E-state index contributed by atoms with van der Waals surface area (Å²) in [7, 11) is -4.02. The third-order valence-corrected chi connectivity index (χ3v) is 7.57. The summed E-state index contributed by atoms with van der Waals surface area (Å²) in [4.78, 5) is 25.7. The molecule has 33 heavy (non-hydrogen) atoms. The molecule has 0 aliphatic carbocycles. The molecule has 2 rings (SSSR count). The van der Waals surface area contributed by atoms with E-state index in [1.54, 1.807) is 29.8 Å². The maximum atomic E-state index is 13.1. The van der Waals surface area contributed by atoms with Gasteiger partial charge in [0, 0.05) is 6.26 Å². The molecule has 0 saturated heterocycles. The highest BCUT2D eigenvalue weighted by atomic mass is 32.2. The average Bonchev–Trinajstić information content (AvgIpc) is 2.82. The second-order valence-corrected chi connectivity index (χ2v) is 10.1. The Morgan fingerprint density at radius 3 is 2.33 bits per heavy atom. The lowest BCUT2D eigenvalue weighted by Crippen LogP contribution is -2.52. The zero-order valence-electron chi connectivity index (χ0n) is 18.8. The number of sulfone groups is 1. The van der Waals surface area contributed by atoms with Crippen LogP contribution in [0.3, 0.4) is 0 Å². The topological polar surface area (TPSA) is 139 Å². The van der Waals surface area contributed by atoms with Crippen molar-refractivity contribution in [1.29, 1.82) is 0 Å². The lowest BCUT2D eigenvalue weighted by atomic mass is 9.82. The smallest absolute Gasteiger partial charge is 0.259 e. The van der Waals surface area contributed by atoms with Crippen LogP contribution in [0.5, 0.6) is 0 Å². The fourth-order valence-corrected chi connectivity index (χ4v) is 5.49. The number of hydrogen-bond acceptors (Lipinski definition) is 6. The molecule has 9 heteroatoms. The Kier molecular flexibility index (Phi) is 9.33. The van der Waals surface area contributed by atoms with Gasteiger partial charge in [-0.2, -0.15) is 0 Å². The summed E-state index contributed by atoms with van der Waals surface area (Å²) < 4.78 is 24.2. The van der Waals surface area contributed by atoms with Gasteiger partial charge in [0.1, 0.15) is 0 Å². The standard InChI is InChI=1S/C24H31N3O5S/c1-3-4-17-24(23(29)26-25,33(2,31)32)21-16-9-8-14-19(21)20(22(28)27-30)15-10-13-18-11-6-5-7-12-18/h5-14,16,20,30H,3-4,15,17,25H2,1-2H3,(H,26,29)(H,27,28)/b13-10+/t20-,24+/m0/s1. The van der Waals surface area contributed by atoms with Gasteiger partial charge in [-0.25, -0.2) is 19.7 Å². The second kappa shape index (κ2) is 11.7. The van der Waals surface area contributed by atoms with Crippen molar-refractivity contribution in [2.24, 2.45) is 5.84 Å². The Morgan fingerprint density at radius 2 is 1.76 bits per heavy atom. The predicted molar refractivity (Wildman–Crippen MR) is 128 cm³/mol. The monoisotopic (exact) mass is 473 g/mol. The number of amides is 2. The van der Waals surface area contributed by atoms with Gasteiger partial charge in [0.15, 0.2) is 14.6 Å². The van der Waals surface area contributed by atoms with Gasteiger partial charge >= 0.3 is 0 Å². The van der Waals surface area contributed by atoms with Crippen LogP contribution in [0, 0.1) is 0 Å². The lowest BCUT2D eigenvalue weighted by Gasteiger charge is -2.33. The molecule has 0 aliphatic rings. The van der Waals surface area contributed by atoms with Crippen LogP contribution in [-0.4, -0.2) is 31.7 Å². The summed E-state index contributed by atoms with van der Waals surface area (Å²) in [5.74, 6) is 2.90. The predicted octanol–water partition coefficient (Wildman–Crippen LogP) is 2.80. The van der Waals surface area contributed by atoms with E-state index < -0.39 is 32.3 Å². The van der Waals surface area contributed by atoms with Crippen molar-refractivity contribution in [2.45, 2.75) is 43.3 Å². The number of hydroxylamine groups is 1. The van der Waals surface area contributed by atoms with Crippen molar-refractivity contribution in [1.82, 2.24) is 10.9 Å². The first kappa shape index (κ1) is 26.2. The van der Waals surface area contributed by atoms with E-state index in [2.05, 4.69) is 0 Å². The van der Waals surface area contributed by atoms with Gasteiger partial charge in [0.05, 0.1) is 5.92 Å². The SMILES string of the molecule is CCCC[C@](C(=O)NN)(c1ccccc1[C@H](C/C=C/c1ccccc1)C(=O)NO)S(C)(=O)=O. The molecular weight excluding hydrogens is 442 g/mol. The van der Waals surface area contributed by atoms with Crippen LogP contribution in [0.2, 0.25) is 0 Å². The largest absolute Gasteiger partial charge is 0.293 e. The van der Waals surface area contributed by atoms with Crippen molar-refractivity contribution >= 4 is 27.7 Å². The zero-order valence-corrected chi connectivity index (χ0v) is 19.6. The Hall–Kier alpha value is -3.01. The number of unbranched alkanes of at least 4 members (excludes halogenated alkanes) is 1. The third-order valence-electron chi connectivity index (χ3n) is 5.69. The van der Waals surface area contributed by atoms with Crippen molar-refractivity contribution in [3.63, 3.8) is 0 Å². The minimum absolute atomic E-state index is 0.00427. The Bertz CT molecular complexity index is 1090. The summed E-state index contributed by atoms with van der Waals surface area (Å²) in [5, 5.41) is 9.39. The molecule has 0 fully saturated rings. The number of rotatable bonds is 11. The number of benzene rings is 2. The number of nitrogens with one attached hydrogen (secondary N) is 2. The minimum atomic E-state index is -4.02. The fraction of sp³-hybridized carbons (Fsp3) is 0.333. The van der Waals surface area contributed by atoms with E-state index in [0.29, 0.717) is 18.4 Å². The first-order chi connectivity index (χ1) is 15.7. The first-order valence-electron chi connectivity index (χ1n) is 10.7. The van der Waals surface area contributed by atoms with E-state index in [1.165, 1.54) is 6.07 Å². The molecule has 0 bridgehead atoms. The number of hydrogen-bond donors (Lipinski definition) is 4. The van der Waals surface area contributed by atoms with Crippen LogP contribution < -0.4 is 16.7 Å². The summed E-state index contributed by atoms with van der Waals surface area (Å²) >= 11 is 0. The molecule has 2 aromatic carbocycles. The molecule has 0 spiro atoms. The van der Waals surface area contributed by atoms with E-state index >= 15 is 0 Å². The van der Waals surface area contributed by atoms with E-state index in [9.17, 15) is 23.2 Å². The maximum Gasteiger partial charge on any atom is 0.259 e. The number of allylic oxidation sites excluding steroid dienone is 1. The molecule has 8 nitrogen and oxygen atoms in total. The Morgan fingerprint density at radius 1 is 1.12 bits per heavy atom. The third kappa shape index (κ3) is 5.87.